The lowest BCUT2D eigenvalue weighted by Gasteiger charge is -2.08. The van der Waals surface area contributed by atoms with Gasteiger partial charge in [0.1, 0.15) is 5.75 Å². The molecule has 0 aliphatic rings. The molecule has 82 valence electrons. The van der Waals surface area contributed by atoms with Crippen LogP contribution in [-0.4, -0.2) is 17.6 Å². The predicted molar refractivity (Wildman–Crippen MR) is 59.8 cm³/mol. The predicted octanol–water partition coefficient (Wildman–Crippen LogP) is 1.38. The molecule has 1 aromatic carbocycles. The first kappa shape index (κ1) is 11.5. The second-order valence-corrected chi connectivity index (χ2v) is 3.44. The number of hydrogen-bond acceptors (Lipinski definition) is 3. The van der Waals surface area contributed by atoms with E-state index in [4.69, 9.17) is 5.73 Å². The fraction of sp³-hybridized carbons (Fsp3) is 0.364. The number of rotatable bonds is 4. The van der Waals surface area contributed by atoms with Gasteiger partial charge in [0.25, 0.3) is 0 Å². The van der Waals surface area contributed by atoms with Crippen LogP contribution in [0.15, 0.2) is 18.2 Å². The van der Waals surface area contributed by atoms with E-state index in [1.165, 1.54) is 0 Å². The Balaban J connectivity index is 2.60. The second-order valence-electron chi connectivity index (χ2n) is 3.44. The van der Waals surface area contributed by atoms with Gasteiger partial charge in [-0.2, -0.15) is 0 Å². The molecule has 4 heteroatoms. The number of phenolic OH excluding ortho intramolecular Hbond substituents is 1. The summed E-state index contributed by atoms with van der Waals surface area (Å²) in [6.45, 7) is 2.35. The van der Waals surface area contributed by atoms with Crippen LogP contribution in [-0.2, 0) is 4.79 Å². The largest absolute Gasteiger partial charge is 0.508 e. The molecule has 0 fully saturated rings. The average Bonchev–Trinajstić information content (AvgIpc) is 2.19. The van der Waals surface area contributed by atoms with Crippen LogP contribution in [0.1, 0.15) is 18.4 Å². The van der Waals surface area contributed by atoms with Gasteiger partial charge >= 0.3 is 0 Å². The Morgan fingerprint density at radius 2 is 2.27 bits per heavy atom. The molecule has 0 aliphatic carbocycles. The van der Waals surface area contributed by atoms with Gasteiger partial charge in [0.05, 0.1) is 0 Å². The molecule has 4 N–H and O–H groups in total. The Kier molecular flexibility index (Phi) is 4.12. The Labute approximate surface area is 89.1 Å². The number of nitrogens with two attached hydrogens (primary N) is 1. The van der Waals surface area contributed by atoms with Crippen molar-refractivity contribution in [2.45, 2.75) is 19.8 Å². The summed E-state index contributed by atoms with van der Waals surface area (Å²) in [5.41, 5.74) is 6.88. The van der Waals surface area contributed by atoms with E-state index in [1.807, 2.05) is 6.92 Å². The van der Waals surface area contributed by atoms with E-state index in [9.17, 15) is 9.90 Å². The summed E-state index contributed by atoms with van der Waals surface area (Å²) >= 11 is 0. The maximum absolute atomic E-state index is 11.4. The minimum atomic E-state index is -0.0470. The molecule has 1 rings (SSSR count). The highest BCUT2D eigenvalue weighted by Crippen LogP contribution is 2.20. The lowest BCUT2D eigenvalue weighted by Crippen LogP contribution is -2.13. The highest BCUT2D eigenvalue weighted by Gasteiger charge is 2.04. The molecule has 1 aromatic rings. The first-order chi connectivity index (χ1) is 7.13. The van der Waals surface area contributed by atoms with Crippen molar-refractivity contribution < 1.29 is 9.90 Å². The van der Waals surface area contributed by atoms with Crippen molar-refractivity contribution in [3.63, 3.8) is 0 Å². The monoisotopic (exact) mass is 208 g/mol. The lowest BCUT2D eigenvalue weighted by atomic mass is 10.2. The number of hydrogen-bond donors (Lipinski definition) is 3. The third kappa shape index (κ3) is 3.59. The summed E-state index contributed by atoms with van der Waals surface area (Å²) < 4.78 is 0. The first-order valence-corrected chi connectivity index (χ1v) is 4.93. The van der Waals surface area contributed by atoms with Gasteiger partial charge in [0.15, 0.2) is 0 Å². The zero-order valence-electron chi connectivity index (χ0n) is 8.79. The summed E-state index contributed by atoms with van der Waals surface area (Å²) in [6, 6.07) is 4.84. The topological polar surface area (TPSA) is 75.3 Å². The van der Waals surface area contributed by atoms with Crippen LogP contribution in [0.5, 0.6) is 5.75 Å². The van der Waals surface area contributed by atoms with E-state index in [-0.39, 0.29) is 11.7 Å². The zero-order valence-corrected chi connectivity index (χ0v) is 8.79. The van der Waals surface area contributed by atoms with E-state index < -0.39 is 0 Å². The minimum Gasteiger partial charge on any atom is -0.508 e. The Hall–Kier alpha value is -1.55. The van der Waals surface area contributed by atoms with E-state index in [2.05, 4.69) is 5.32 Å². The second kappa shape index (κ2) is 5.36. The minimum absolute atomic E-state index is 0.0470. The molecule has 0 heterocycles. The third-order valence-electron chi connectivity index (χ3n) is 2.09. The quantitative estimate of drug-likeness (QED) is 0.654. The molecular formula is C11H16N2O2. The standard InChI is InChI=1S/C11H16N2O2/c1-8-7-9(14)4-5-10(8)13-11(15)3-2-6-12/h4-5,7,14H,2-3,6,12H2,1H3,(H,13,15). The summed E-state index contributed by atoms with van der Waals surface area (Å²) in [7, 11) is 0. The summed E-state index contributed by atoms with van der Waals surface area (Å²) in [5, 5.41) is 12.0. The van der Waals surface area contributed by atoms with Gasteiger partial charge in [-0.05, 0) is 43.7 Å². The summed E-state index contributed by atoms with van der Waals surface area (Å²) in [4.78, 5) is 11.4. The fourth-order valence-electron chi connectivity index (χ4n) is 1.26. The molecule has 0 aliphatic heterocycles. The number of carbonyl (C=O) groups excluding carboxylic acids is 1. The fourth-order valence-corrected chi connectivity index (χ4v) is 1.26. The van der Waals surface area contributed by atoms with Gasteiger partial charge in [-0.1, -0.05) is 0 Å². The molecule has 15 heavy (non-hydrogen) atoms. The molecule has 0 radical (unpaired) electrons. The van der Waals surface area contributed by atoms with Gasteiger partial charge < -0.3 is 16.2 Å². The molecule has 1 amide bonds. The number of amides is 1. The van der Waals surface area contributed by atoms with E-state index in [1.54, 1.807) is 18.2 Å². The highest BCUT2D eigenvalue weighted by molar-refractivity contribution is 5.91. The van der Waals surface area contributed by atoms with Gasteiger partial charge in [-0.25, -0.2) is 0 Å². The van der Waals surface area contributed by atoms with E-state index >= 15 is 0 Å². The molecular weight excluding hydrogens is 192 g/mol. The molecule has 0 spiro atoms. The first-order valence-electron chi connectivity index (χ1n) is 4.93. The molecule has 0 bridgehead atoms. The number of carbonyl (C=O) groups is 1. The zero-order chi connectivity index (χ0) is 11.3. The Morgan fingerprint density at radius 3 is 2.87 bits per heavy atom. The molecule has 0 saturated carbocycles. The maximum atomic E-state index is 11.4. The van der Waals surface area contributed by atoms with E-state index in [0.717, 1.165) is 11.3 Å². The van der Waals surface area contributed by atoms with Crippen LogP contribution in [0.4, 0.5) is 5.69 Å². The smallest absolute Gasteiger partial charge is 0.224 e. The Bertz CT molecular complexity index is 350. The Morgan fingerprint density at radius 1 is 1.53 bits per heavy atom. The number of aryl methyl sites for hydroxylation is 1. The molecule has 0 saturated heterocycles. The van der Waals surface area contributed by atoms with Crippen LogP contribution in [0.3, 0.4) is 0 Å². The van der Waals surface area contributed by atoms with Crippen molar-refractivity contribution in [3.8, 4) is 5.75 Å². The van der Waals surface area contributed by atoms with Crippen molar-refractivity contribution >= 4 is 11.6 Å². The van der Waals surface area contributed by atoms with Gasteiger partial charge in [-0.15, -0.1) is 0 Å². The van der Waals surface area contributed by atoms with Crippen molar-refractivity contribution in [2.75, 3.05) is 11.9 Å². The van der Waals surface area contributed by atoms with Gasteiger partial charge in [0, 0.05) is 12.1 Å². The SMILES string of the molecule is Cc1cc(O)ccc1NC(=O)CCCN. The van der Waals surface area contributed by atoms with Crippen LogP contribution in [0.25, 0.3) is 0 Å². The van der Waals surface area contributed by atoms with Crippen molar-refractivity contribution in [3.05, 3.63) is 23.8 Å². The van der Waals surface area contributed by atoms with Gasteiger partial charge in [0.2, 0.25) is 5.91 Å². The number of anilines is 1. The van der Waals surface area contributed by atoms with Crippen molar-refractivity contribution in [1.29, 1.82) is 0 Å². The van der Waals surface area contributed by atoms with Crippen LogP contribution >= 0.6 is 0 Å². The summed E-state index contributed by atoms with van der Waals surface area (Å²) in [5.74, 6) is 0.154. The number of aromatic hydroxyl groups is 1. The molecule has 0 unspecified atom stereocenters. The average molecular weight is 208 g/mol. The van der Waals surface area contributed by atoms with Crippen LogP contribution in [0.2, 0.25) is 0 Å². The number of phenols is 1. The van der Waals surface area contributed by atoms with Crippen molar-refractivity contribution in [2.24, 2.45) is 5.73 Å². The number of benzene rings is 1. The molecule has 0 aromatic heterocycles. The molecule has 4 nitrogen and oxygen atoms in total. The molecule has 0 atom stereocenters. The summed E-state index contributed by atoms with van der Waals surface area (Å²) in [6.07, 6.45) is 1.11. The maximum Gasteiger partial charge on any atom is 0.224 e. The highest BCUT2D eigenvalue weighted by atomic mass is 16.3. The van der Waals surface area contributed by atoms with Crippen LogP contribution in [0, 0.1) is 6.92 Å². The van der Waals surface area contributed by atoms with Crippen LogP contribution < -0.4 is 11.1 Å². The lowest BCUT2D eigenvalue weighted by molar-refractivity contribution is -0.116. The van der Waals surface area contributed by atoms with E-state index in [0.29, 0.717) is 19.4 Å². The van der Waals surface area contributed by atoms with Crippen molar-refractivity contribution in [1.82, 2.24) is 0 Å². The normalized spacial score (nSPS) is 10.0. The third-order valence-corrected chi connectivity index (χ3v) is 2.09. The van der Waals surface area contributed by atoms with Gasteiger partial charge in [-0.3, -0.25) is 4.79 Å². The number of nitrogens with one attached hydrogen (secondary N) is 1.